The van der Waals surface area contributed by atoms with Gasteiger partial charge >= 0.3 is 6.18 Å². The van der Waals surface area contributed by atoms with Crippen LogP contribution in [0.4, 0.5) is 13.2 Å². The lowest BCUT2D eigenvalue weighted by molar-refractivity contribution is -0.138. The van der Waals surface area contributed by atoms with Crippen molar-refractivity contribution in [2.45, 2.75) is 32.2 Å². The summed E-state index contributed by atoms with van der Waals surface area (Å²) in [5.74, 6) is -0.175. The van der Waals surface area contributed by atoms with E-state index in [1.807, 2.05) is 42.2 Å². The number of amides is 1. The number of nitrogens with one attached hydrogen (secondary N) is 1. The van der Waals surface area contributed by atoms with Crippen LogP contribution in [0.25, 0.3) is 0 Å². The summed E-state index contributed by atoms with van der Waals surface area (Å²) < 4.78 is 51.1. The van der Waals surface area contributed by atoms with Crippen molar-refractivity contribution in [3.63, 3.8) is 0 Å². The Balaban J connectivity index is 1.84. The molecule has 6 nitrogen and oxygen atoms in total. The fourth-order valence-electron chi connectivity index (χ4n) is 3.44. The molecule has 176 valence electrons. The maximum atomic E-state index is 13.6. The summed E-state index contributed by atoms with van der Waals surface area (Å²) in [4.78, 5) is 18.3. The van der Waals surface area contributed by atoms with Gasteiger partial charge in [0.05, 0.1) is 18.7 Å². The van der Waals surface area contributed by atoms with E-state index in [2.05, 4.69) is 10.3 Å². The van der Waals surface area contributed by atoms with Crippen molar-refractivity contribution in [3.05, 3.63) is 89.1 Å². The Morgan fingerprint density at radius 1 is 1.12 bits per heavy atom. The molecule has 33 heavy (non-hydrogen) atoms. The van der Waals surface area contributed by atoms with Crippen LogP contribution in [-0.2, 0) is 24.0 Å². The lowest BCUT2D eigenvalue weighted by atomic mass is 10.0. The van der Waals surface area contributed by atoms with Crippen LogP contribution in [0.15, 0.2) is 65.3 Å². The Labute approximate surface area is 190 Å². The number of rotatable bonds is 10. The van der Waals surface area contributed by atoms with Crippen molar-refractivity contribution in [3.8, 4) is 0 Å². The molecule has 0 aliphatic heterocycles. The van der Waals surface area contributed by atoms with E-state index in [-0.39, 0.29) is 36.3 Å². The van der Waals surface area contributed by atoms with Gasteiger partial charge in [0, 0.05) is 26.2 Å². The van der Waals surface area contributed by atoms with Gasteiger partial charge in [-0.3, -0.25) is 9.69 Å². The first kappa shape index (κ1) is 24.5. The summed E-state index contributed by atoms with van der Waals surface area (Å²) in [6.07, 6.45) is -3.22. The molecule has 0 aliphatic rings. The number of hydrogen-bond acceptors (Lipinski definition) is 5. The second-order valence-corrected chi connectivity index (χ2v) is 7.52. The Morgan fingerprint density at radius 2 is 1.82 bits per heavy atom. The monoisotopic (exact) mass is 461 g/mol. The smallest absolute Gasteiger partial charge is 0.416 e. The van der Waals surface area contributed by atoms with E-state index in [0.29, 0.717) is 13.2 Å². The topological polar surface area (TPSA) is 67.6 Å². The summed E-state index contributed by atoms with van der Waals surface area (Å²) in [6.45, 7) is 2.73. The highest BCUT2D eigenvalue weighted by Gasteiger charge is 2.34. The number of halogens is 3. The number of carbonyl (C=O) groups excluding carboxylic acids is 1. The number of aromatic nitrogens is 1. The predicted molar refractivity (Wildman–Crippen MR) is 116 cm³/mol. The van der Waals surface area contributed by atoms with Crippen LogP contribution >= 0.6 is 0 Å². The number of benzene rings is 2. The highest BCUT2D eigenvalue weighted by Crippen LogP contribution is 2.34. The maximum Gasteiger partial charge on any atom is 0.416 e. The zero-order valence-electron chi connectivity index (χ0n) is 18.4. The lowest BCUT2D eigenvalue weighted by Crippen LogP contribution is -2.28. The second kappa shape index (κ2) is 11.1. The van der Waals surface area contributed by atoms with E-state index in [0.717, 1.165) is 11.6 Å². The van der Waals surface area contributed by atoms with Crippen LogP contribution in [0.3, 0.4) is 0 Å². The van der Waals surface area contributed by atoms with Gasteiger partial charge in [-0.1, -0.05) is 48.5 Å². The van der Waals surface area contributed by atoms with Gasteiger partial charge in [0.1, 0.15) is 6.26 Å². The average molecular weight is 461 g/mol. The van der Waals surface area contributed by atoms with Crippen molar-refractivity contribution >= 4 is 5.91 Å². The first-order valence-corrected chi connectivity index (χ1v) is 10.4. The minimum absolute atomic E-state index is 0.0174. The third kappa shape index (κ3) is 6.66. The number of ether oxygens (including phenoxy) is 1. The minimum Gasteiger partial charge on any atom is -0.447 e. The zero-order chi connectivity index (χ0) is 23.8. The molecule has 1 heterocycles. The molecule has 0 saturated heterocycles. The number of hydrogen-bond donors (Lipinski definition) is 1. The van der Waals surface area contributed by atoms with Crippen LogP contribution in [0.5, 0.6) is 0 Å². The van der Waals surface area contributed by atoms with Crippen molar-refractivity contribution < 1.29 is 27.1 Å². The number of carbonyl (C=O) groups is 1. The average Bonchev–Trinajstić information content (AvgIpc) is 3.27. The molecule has 0 spiro atoms. The van der Waals surface area contributed by atoms with Crippen LogP contribution < -0.4 is 5.32 Å². The third-order valence-corrected chi connectivity index (χ3v) is 5.24. The van der Waals surface area contributed by atoms with Crippen LogP contribution in [0.1, 0.15) is 46.0 Å². The molecule has 1 unspecified atom stereocenters. The number of alkyl halides is 3. The van der Waals surface area contributed by atoms with Crippen molar-refractivity contribution in [2.24, 2.45) is 0 Å². The van der Waals surface area contributed by atoms with Gasteiger partial charge in [0.15, 0.2) is 5.69 Å². The third-order valence-electron chi connectivity index (χ3n) is 5.24. The van der Waals surface area contributed by atoms with Gasteiger partial charge in [-0.05, 0) is 24.1 Å². The molecule has 9 heteroatoms. The first-order valence-electron chi connectivity index (χ1n) is 10.4. The van der Waals surface area contributed by atoms with Gasteiger partial charge in [0.2, 0.25) is 5.89 Å². The van der Waals surface area contributed by atoms with Gasteiger partial charge < -0.3 is 14.5 Å². The van der Waals surface area contributed by atoms with Crippen molar-refractivity contribution in [2.75, 3.05) is 20.3 Å². The lowest BCUT2D eigenvalue weighted by Gasteiger charge is -2.29. The van der Waals surface area contributed by atoms with E-state index in [9.17, 15) is 18.0 Å². The molecule has 3 aromatic rings. The number of methoxy groups -OCH3 is 1. The van der Waals surface area contributed by atoms with Crippen molar-refractivity contribution in [1.82, 2.24) is 15.2 Å². The summed E-state index contributed by atoms with van der Waals surface area (Å²) >= 11 is 0. The van der Waals surface area contributed by atoms with Gasteiger partial charge in [0.25, 0.3) is 5.91 Å². The summed E-state index contributed by atoms with van der Waals surface area (Å²) in [5.41, 5.74) is 0.507. The molecule has 2 aromatic carbocycles. The molecule has 1 aromatic heterocycles. The van der Waals surface area contributed by atoms with Crippen LogP contribution in [0.2, 0.25) is 0 Å². The molecule has 0 saturated carbocycles. The molecular formula is C24H26F3N3O3. The normalized spacial score (nSPS) is 12.7. The van der Waals surface area contributed by atoms with Gasteiger partial charge in [-0.2, -0.15) is 13.2 Å². The SMILES string of the molecule is COCCNC(=O)c1coc(CN(Cc2ccccc2C(F)(F)F)C(C)c2ccccc2)n1. The molecule has 1 amide bonds. The van der Waals surface area contributed by atoms with E-state index < -0.39 is 17.6 Å². The molecule has 0 radical (unpaired) electrons. The molecular weight excluding hydrogens is 435 g/mol. The highest BCUT2D eigenvalue weighted by molar-refractivity contribution is 5.91. The van der Waals surface area contributed by atoms with E-state index >= 15 is 0 Å². The quantitative estimate of drug-likeness (QED) is 0.438. The van der Waals surface area contributed by atoms with Gasteiger partial charge in [-0.25, -0.2) is 4.98 Å². The molecule has 3 rings (SSSR count). The Morgan fingerprint density at radius 3 is 2.52 bits per heavy atom. The minimum atomic E-state index is -4.46. The Kier molecular flexibility index (Phi) is 8.24. The summed E-state index contributed by atoms with van der Waals surface area (Å²) in [5, 5.41) is 2.65. The fourth-order valence-corrected chi connectivity index (χ4v) is 3.44. The predicted octanol–water partition coefficient (Wildman–Crippen LogP) is 4.83. The molecule has 1 N–H and O–H groups in total. The van der Waals surface area contributed by atoms with Crippen LogP contribution in [0, 0.1) is 0 Å². The maximum absolute atomic E-state index is 13.6. The first-order chi connectivity index (χ1) is 15.8. The zero-order valence-corrected chi connectivity index (χ0v) is 18.4. The largest absolute Gasteiger partial charge is 0.447 e. The van der Waals surface area contributed by atoms with E-state index in [4.69, 9.17) is 9.15 Å². The van der Waals surface area contributed by atoms with Gasteiger partial charge in [-0.15, -0.1) is 0 Å². The standard InChI is InChI=1S/C24H26F3N3O3/c1-17(18-8-4-3-5-9-18)30(14-19-10-6-7-11-20(19)24(25,26)27)15-22-29-21(16-33-22)23(31)28-12-13-32-2/h3-11,16-17H,12-15H2,1-2H3,(H,28,31). The Hall–Kier alpha value is -3.17. The van der Waals surface area contributed by atoms with E-state index in [1.165, 1.54) is 25.5 Å². The fraction of sp³-hybridized carbons (Fsp3) is 0.333. The highest BCUT2D eigenvalue weighted by atomic mass is 19.4. The molecule has 0 aliphatic carbocycles. The molecule has 1 atom stereocenters. The summed E-state index contributed by atoms with van der Waals surface area (Å²) in [6, 6.07) is 14.7. The molecule has 0 fully saturated rings. The molecule has 0 bridgehead atoms. The van der Waals surface area contributed by atoms with Crippen LogP contribution in [-0.4, -0.2) is 36.1 Å². The Bertz CT molecular complexity index is 1040. The number of oxazole rings is 1. The van der Waals surface area contributed by atoms with E-state index in [1.54, 1.807) is 6.07 Å². The number of nitrogens with zero attached hydrogens (tertiary/aromatic N) is 2. The second-order valence-electron chi connectivity index (χ2n) is 7.52. The van der Waals surface area contributed by atoms with Crippen molar-refractivity contribution in [1.29, 1.82) is 0 Å². The summed E-state index contributed by atoms with van der Waals surface area (Å²) in [7, 11) is 1.53.